The molecule has 9 nitrogen and oxygen atoms in total. The quantitative estimate of drug-likeness (QED) is 0.197. The Hall–Kier alpha value is -2.29. The van der Waals surface area contributed by atoms with Crippen LogP contribution in [0.1, 0.15) is 13.3 Å². The molecule has 2 aliphatic carbocycles. The van der Waals surface area contributed by atoms with Gasteiger partial charge in [-0.1, -0.05) is 6.58 Å². The molecule has 7 unspecified atom stereocenters. The lowest BCUT2D eigenvalue weighted by molar-refractivity contribution is -0.262. The van der Waals surface area contributed by atoms with Gasteiger partial charge in [-0.2, -0.15) is 30.4 Å². The highest BCUT2D eigenvalue weighted by atomic mass is 32.2. The molecular formula is C16H15F5O9S. The van der Waals surface area contributed by atoms with Crippen molar-refractivity contribution in [3.8, 4) is 0 Å². The Morgan fingerprint density at radius 1 is 1.23 bits per heavy atom. The second-order valence-electron chi connectivity index (χ2n) is 7.56. The lowest BCUT2D eigenvalue weighted by Gasteiger charge is -2.32. The van der Waals surface area contributed by atoms with Gasteiger partial charge in [0.2, 0.25) is 0 Å². The molecular weight excluding hydrogens is 463 g/mol. The molecule has 0 amide bonds. The first-order valence-electron chi connectivity index (χ1n) is 8.67. The summed E-state index contributed by atoms with van der Waals surface area (Å²) in [6, 6.07) is 0. The lowest BCUT2D eigenvalue weighted by atomic mass is 9.78. The fraction of sp³-hybridized carbons (Fsp3) is 0.688. The number of alkyl halides is 5. The summed E-state index contributed by atoms with van der Waals surface area (Å²) < 4.78 is 111. The van der Waals surface area contributed by atoms with Crippen LogP contribution in [0.15, 0.2) is 12.2 Å². The van der Waals surface area contributed by atoms with E-state index >= 15 is 0 Å². The summed E-state index contributed by atoms with van der Waals surface area (Å²) in [4.78, 5) is 36.4. The third-order valence-corrected chi connectivity index (χ3v) is 6.49. The normalized spacial score (nSPS) is 33.1. The highest BCUT2D eigenvalue weighted by molar-refractivity contribution is 7.86. The van der Waals surface area contributed by atoms with E-state index < -0.39 is 81.4 Å². The molecule has 1 saturated heterocycles. The van der Waals surface area contributed by atoms with Crippen molar-refractivity contribution >= 4 is 28.0 Å². The van der Waals surface area contributed by atoms with E-state index in [0.29, 0.717) is 0 Å². The van der Waals surface area contributed by atoms with Crippen molar-refractivity contribution in [3.63, 3.8) is 0 Å². The molecule has 0 aromatic rings. The van der Waals surface area contributed by atoms with E-state index in [2.05, 4.69) is 11.3 Å². The van der Waals surface area contributed by atoms with Gasteiger partial charge in [-0.15, -0.1) is 0 Å². The van der Waals surface area contributed by atoms with Crippen LogP contribution < -0.4 is 0 Å². The SMILES string of the molecule is C=C(C)C(=O)OC1C2CC3C1OC(=O)C3C2C(=O)OC(C(F)(F)F)C(F)(F)S(=O)(=O)O. The molecule has 31 heavy (non-hydrogen) atoms. The van der Waals surface area contributed by atoms with Crippen LogP contribution in [0.5, 0.6) is 0 Å². The largest absolute Gasteiger partial charge is 0.458 e. The van der Waals surface area contributed by atoms with Gasteiger partial charge in [0.1, 0.15) is 12.2 Å². The van der Waals surface area contributed by atoms with Gasteiger partial charge in [0, 0.05) is 17.4 Å². The lowest BCUT2D eigenvalue weighted by Crippen LogP contribution is -2.54. The van der Waals surface area contributed by atoms with Crippen LogP contribution >= 0.6 is 0 Å². The molecule has 3 aliphatic rings. The summed E-state index contributed by atoms with van der Waals surface area (Å²) in [5, 5.41) is -5.91. The topological polar surface area (TPSA) is 133 Å². The summed E-state index contributed by atoms with van der Waals surface area (Å²) in [7, 11) is -6.62. The standard InChI is InChI=1S/C16H15F5O9S/c1-4(2)11(22)28-9-6-3-5-7(12(23)29-10(5)9)8(6)13(24)30-14(15(17,18)19)16(20,21)31(25,26)27/h5-10,14H,1,3H2,2H3,(H,25,26,27). The van der Waals surface area contributed by atoms with Crippen LogP contribution in [0.4, 0.5) is 22.0 Å². The molecule has 7 atom stereocenters. The van der Waals surface area contributed by atoms with Gasteiger partial charge in [0.25, 0.3) is 6.10 Å². The number of fused-ring (bicyclic) bond motifs is 1. The van der Waals surface area contributed by atoms with E-state index in [4.69, 9.17) is 14.0 Å². The van der Waals surface area contributed by atoms with E-state index in [1.54, 1.807) is 0 Å². The Bertz CT molecular complexity index is 944. The number of esters is 3. The summed E-state index contributed by atoms with van der Waals surface area (Å²) in [6.45, 7) is 4.63. The van der Waals surface area contributed by atoms with E-state index in [1.807, 2.05) is 0 Å². The van der Waals surface area contributed by atoms with E-state index in [1.165, 1.54) is 6.92 Å². The Morgan fingerprint density at radius 2 is 1.81 bits per heavy atom. The zero-order valence-electron chi connectivity index (χ0n) is 15.5. The molecule has 0 aromatic heterocycles. The summed E-state index contributed by atoms with van der Waals surface area (Å²) >= 11 is 0. The second kappa shape index (κ2) is 7.12. The number of rotatable bonds is 6. The van der Waals surface area contributed by atoms with Crippen LogP contribution in [0.2, 0.25) is 0 Å². The van der Waals surface area contributed by atoms with Gasteiger partial charge in [0.05, 0.1) is 11.8 Å². The molecule has 2 bridgehead atoms. The first-order chi connectivity index (χ1) is 14.0. The molecule has 15 heteroatoms. The number of hydrogen-bond donors (Lipinski definition) is 1. The Labute approximate surface area is 171 Å². The van der Waals surface area contributed by atoms with E-state index in [0.717, 1.165) is 0 Å². The van der Waals surface area contributed by atoms with Gasteiger partial charge in [0.15, 0.2) is 0 Å². The summed E-state index contributed by atoms with van der Waals surface area (Å²) in [5.74, 6) is -8.86. The van der Waals surface area contributed by atoms with Crippen molar-refractivity contribution in [1.29, 1.82) is 0 Å². The molecule has 174 valence electrons. The van der Waals surface area contributed by atoms with Crippen LogP contribution in [-0.2, 0) is 38.7 Å². The monoisotopic (exact) mass is 478 g/mol. The van der Waals surface area contributed by atoms with Crippen molar-refractivity contribution in [2.24, 2.45) is 23.7 Å². The number of hydrogen-bond acceptors (Lipinski definition) is 8. The average Bonchev–Trinajstić information content (AvgIpc) is 3.20. The van der Waals surface area contributed by atoms with E-state index in [-0.39, 0.29) is 12.0 Å². The highest BCUT2D eigenvalue weighted by Crippen LogP contribution is 2.59. The fourth-order valence-corrected chi connectivity index (χ4v) is 4.80. The Kier molecular flexibility index (Phi) is 5.37. The molecule has 0 radical (unpaired) electrons. The van der Waals surface area contributed by atoms with Crippen LogP contribution in [0.3, 0.4) is 0 Å². The van der Waals surface area contributed by atoms with Crippen LogP contribution in [0, 0.1) is 23.7 Å². The molecule has 3 rings (SSSR count). The number of ether oxygens (including phenoxy) is 3. The van der Waals surface area contributed by atoms with Crippen molar-refractivity contribution in [1.82, 2.24) is 0 Å². The smallest absolute Gasteiger partial charge is 0.432 e. The molecule has 2 saturated carbocycles. The number of carbonyl (C=O) groups is 3. The van der Waals surface area contributed by atoms with Crippen molar-refractivity contribution in [3.05, 3.63) is 12.2 Å². The number of carbonyl (C=O) groups excluding carboxylic acids is 3. The van der Waals surface area contributed by atoms with Crippen LogP contribution in [0.25, 0.3) is 0 Å². The Balaban J connectivity index is 1.91. The van der Waals surface area contributed by atoms with Gasteiger partial charge in [-0.25, -0.2) is 4.79 Å². The summed E-state index contributed by atoms with van der Waals surface area (Å²) in [6.07, 6.45) is -12.9. The van der Waals surface area contributed by atoms with E-state index in [9.17, 15) is 44.8 Å². The minimum absolute atomic E-state index is 0.0135. The maximum absolute atomic E-state index is 13.7. The van der Waals surface area contributed by atoms with Gasteiger partial charge >= 0.3 is 39.5 Å². The second-order valence-corrected chi connectivity index (χ2v) is 9.06. The molecule has 0 spiro atoms. The van der Waals surface area contributed by atoms with Crippen molar-refractivity contribution in [2.45, 2.75) is 43.1 Å². The zero-order chi connectivity index (χ0) is 23.7. The Morgan fingerprint density at radius 3 is 2.29 bits per heavy atom. The third-order valence-electron chi connectivity index (χ3n) is 5.59. The predicted molar refractivity (Wildman–Crippen MR) is 85.6 cm³/mol. The fourth-order valence-electron chi connectivity index (χ4n) is 4.35. The number of halogens is 5. The molecule has 1 N–H and O–H groups in total. The highest BCUT2D eigenvalue weighted by Gasteiger charge is 2.72. The maximum Gasteiger partial charge on any atom is 0.432 e. The molecule has 3 fully saturated rings. The van der Waals surface area contributed by atoms with Crippen molar-refractivity contribution in [2.75, 3.05) is 0 Å². The van der Waals surface area contributed by atoms with Gasteiger partial charge in [-0.05, 0) is 13.3 Å². The van der Waals surface area contributed by atoms with Crippen molar-refractivity contribution < 1.29 is 63.5 Å². The maximum atomic E-state index is 13.7. The zero-order valence-corrected chi connectivity index (χ0v) is 16.3. The average molecular weight is 478 g/mol. The third kappa shape index (κ3) is 3.66. The van der Waals surface area contributed by atoms with Crippen LogP contribution in [-0.4, -0.2) is 60.6 Å². The molecule has 1 heterocycles. The van der Waals surface area contributed by atoms with Gasteiger partial charge < -0.3 is 14.2 Å². The minimum Gasteiger partial charge on any atom is -0.458 e. The predicted octanol–water partition coefficient (Wildman–Crippen LogP) is 1.24. The molecule has 0 aromatic carbocycles. The first-order valence-corrected chi connectivity index (χ1v) is 10.1. The van der Waals surface area contributed by atoms with Gasteiger partial charge in [-0.3, -0.25) is 14.1 Å². The first kappa shape index (κ1) is 23.4. The summed E-state index contributed by atoms with van der Waals surface area (Å²) in [5.41, 5.74) is -0.0623. The molecule has 1 aliphatic heterocycles. The minimum atomic E-state index is -6.62.